The maximum Gasteiger partial charge on any atom is 0.274 e. The molecule has 1 N–H and O–H groups in total. The number of hydrogen-bond donors (Lipinski definition) is 1. The molecule has 0 saturated heterocycles. The Balaban J connectivity index is 1.71. The molecule has 4 rings (SSSR count). The summed E-state index contributed by atoms with van der Waals surface area (Å²) in [6.45, 7) is 2.31. The van der Waals surface area contributed by atoms with Gasteiger partial charge in [-0.05, 0) is 36.8 Å². The molecule has 0 spiro atoms. The highest BCUT2D eigenvalue weighted by Gasteiger charge is 2.23. The summed E-state index contributed by atoms with van der Waals surface area (Å²) in [4.78, 5) is 17.1. The monoisotopic (exact) mass is 399 g/mol. The van der Waals surface area contributed by atoms with E-state index in [1.165, 1.54) is 0 Å². The summed E-state index contributed by atoms with van der Waals surface area (Å²) >= 11 is 0. The smallest absolute Gasteiger partial charge is 0.274 e. The third-order valence-electron chi connectivity index (χ3n) is 4.81. The highest BCUT2D eigenvalue weighted by Crippen LogP contribution is 2.26. The van der Waals surface area contributed by atoms with Gasteiger partial charge in [0.25, 0.3) is 5.91 Å². The number of para-hydroxylation sites is 2. The van der Waals surface area contributed by atoms with Gasteiger partial charge in [0.05, 0.1) is 12.8 Å². The molecule has 0 atom stereocenters. The summed E-state index contributed by atoms with van der Waals surface area (Å²) in [6.07, 6.45) is 3.36. The average molecular weight is 399 g/mol. The van der Waals surface area contributed by atoms with Crippen LogP contribution in [0.25, 0.3) is 16.9 Å². The second-order valence-corrected chi connectivity index (χ2v) is 6.72. The topological polar surface area (TPSA) is 81.9 Å². The third-order valence-corrected chi connectivity index (χ3v) is 4.81. The lowest BCUT2D eigenvalue weighted by Crippen LogP contribution is -2.24. The van der Waals surface area contributed by atoms with Gasteiger partial charge in [0.15, 0.2) is 5.69 Å². The van der Waals surface area contributed by atoms with E-state index in [0.717, 1.165) is 28.1 Å². The van der Waals surface area contributed by atoms with Crippen molar-refractivity contribution in [3.8, 4) is 22.7 Å². The normalized spacial score (nSPS) is 10.6. The number of methoxy groups -OCH3 is 1. The summed E-state index contributed by atoms with van der Waals surface area (Å²) in [7, 11) is 1.61. The average Bonchev–Trinajstić information content (AvgIpc) is 3.23. The SMILES string of the molecule is COc1ccccc1CNC(=O)c1nnn(-c2ccccc2C)c1-c1ccncc1. The molecule has 0 radical (unpaired) electrons. The van der Waals surface area contributed by atoms with Crippen molar-refractivity contribution >= 4 is 5.91 Å². The van der Waals surface area contributed by atoms with Crippen LogP contribution in [0.2, 0.25) is 0 Å². The van der Waals surface area contributed by atoms with Crippen molar-refractivity contribution in [2.45, 2.75) is 13.5 Å². The third kappa shape index (κ3) is 3.77. The molecule has 1 amide bonds. The Bertz CT molecular complexity index is 1170. The summed E-state index contributed by atoms with van der Waals surface area (Å²) in [6, 6.07) is 19.1. The zero-order chi connectivity index (χ0) is 20.9. The lowest BCUT2D eigenvalue weighted by molar-refractivity contribution is 0.0946. The first-order chi connectivity index (χ1) is 14.7. The molecule has 0 aliphatic heterocycles. The van der Waals surface area contributed by atoms with E-state index in [-0.39, 0.29) is 11.6 Å². The molecule has 0 unspecified atom stereocenters. The van der Waals surface area contributed by atoms with E-state index >= 15 is 0 Å². The Labute approximate surface area is 174 Å². The molecule has 150 valence electrons. The predicted molar refractivity (Wildman–Crippen MR) is 113 cm³/mol. The first-order valence-corrected chi connectivity index (χ1v) is 9.51. The van der Waals surface area contributed by atoms with Crippen molar-refractivity contribution in [2.75, 3.05) is 7.11 Å². The number of carbonyl (C=O) groups excluding carboxylic acids is 1. The van der Waals surface area contributed by atoms with E-state index in [9.17, 15) is 4.79 Å². The van der Waals surface area contributed by atoms with E-state index in [1.807, 2.05) is 67.6 Å². The van der Waals surface area contributed by atoms with Crippen molar-refractivity contribution in [3.05, 3.63) is 89.9 Å². The molecule has 4 aromatic rings. The maximum absolute atomic E-state index is 13.1. The number of nitrogens with zero attached hydrogens (tertiary/aromatic N) is 4. The van der Waals surface area contributed by atoms with Gasteiger partial charge in [0.1, 0.15) is 11.4 Å². The minimum Gasteiger partial charge on any atom is -0.496 e. The Hall–Kier alpha value is -4.00. The number of rotatable bonds is 6. The lowest BCUT2D eigenvalue weighted by atomic mass is 10.1. The molecular weight excluding hydrogens is 378 g/mol. The predicted octanol–water partition coefficient (Wildman–Crippen LogP) is 3.58. The van der Waals surface area contributed by atoms with E-state index in [0.29, 0.717) is 12.2 Å². The zero-order valence-electron chi connectivity index (χ0n) is 16.7. The van der Waals surface area contributed by atoms with Gasteiger partial charge in [0.2, 0.25) is 0 Å². The molecule has 2 aromatic carbocycles. The van der Waals surface area contributed by atoms with Crippen molar-refractivity contribution < 1.29 is 9.53 Å². The molecule has 0 fully saturated rings. The van der Waals surface area contributed by atoms with Gasteiger partial charge in [-0.2, -0.15) is 0 Å². The summed E-state index contributed by atoms with van der Waals surface area (Å²) in [5.74, 6) is 0.406. The van der Waals surface area contributed by atoms with Crippen LogP contribution in [0, 0.1) is 6.92 Å². The highest BCUT2D eigenvalue weighted by molar-refractivity contribution is 5.98. The van der Waals surface area contributed by atoms with Crippen LogP contribution in [0.3, 0.4) is 0 Å². The van der Waals surface area contributed by atoms with Crippen molar-refractivity contribution in [2.24, 2.45) is 0 Å². The van der Waals surface area contributed by atoms with Crippen LogP contribution in [-0.2, 0) is 6.54 Å². The Morgan fingerprint density at radius 3 is 2.53 bits per heavy atom. The van der Waals surface area contributed by atoms with Crippen LogP contribution in [0.5, 0.6) is 5.75 Å². The van der Waals surface area contributed by atoms with Crippen LogP contribution in [0.1, 0.15) is 21.6 Å². The number of amides is 1. The second-order valence-electron chi connectivity index (χ2n) is 6.72. The quantitative estimate of drug-likeness (QED) is 0.536. The fraction of sp³-hybridized carbons (Fsp3) is 0.130. The van der Waals surface area contributed by atoms with Gasteiger partial charge in [-0.3, -0.25) is 9.78 Å². The number of aromatic nitrogens is 4. The first-order valence-electron chi connectivity index (χ1n) is 9.51. The van der Waals surface area contributed by atoms with Gasteiger partial charge in [0, 0.05) is 30.1 Å². The maximum atomic E-state index is 13.1. The Kier molecular flexibility index (Phi) is 5.52. The standard InChI is InChI=1S/C23H21N5O2/c1-16-7-3-5-9-19(16)28-22(17-11-13-24-14-12-17)21(26-27-28)23(29)25-15-18-8-4-6-10-20(18)30-2/h3-14H,15H2,1-2H3,(H,25,29). The van der Waals surface area contributed by atoms with Gasteiger partial charge in [-0.15, -0.1) is 5.10 Å². The summed E-state index contributed by atoms with van der Waals surface area (Å²) in [5.41, 5.74) is 4.44. The van der Waals surface area contributed by atoms with Gasteiger partial charge in [-0.1, -0.05) is 41.6 Å². The molecule has 0 bridgehead atoms. The molecule has 30 heavy (non-hydrogen) atoms. The van der Waals surface area contributed by atoms with Crippen LogP contribution in [0.4, 0.5) is 0 Å². The highest BCUT2D eigenvalue weighted by atomic mass is 16.5. The zero-order valence-corrected chi connectivity index (χ0v) is 16.7. The number of aryl methyl sites for hydroxylation is 1. The fourth-order valence-corrected chi connectivity index (χ4v) is 3.28. The minimum atomic E-state index is -0.312. The summed E-state index contributed by atoms with van der Waals surface area (Å²) in [5, 5.41) is 11.4. The molecule has 0 saturated carbocycles. The van der Waals surface area contributed by atoms with Crippen LogP contribution < -0.4 is 10.1 Å². The largest absolute Gasteiger partial charge is 0.496 e. The Morgan fingerprint density at radius 1 is 1.03 bits per heavy atom. The number of carbonyl (C=O) groups is 1. The number of pyridine rings is 1. The van der Waals surface area contributed by atoms with Crippen LogP contribution in [-0.4, -0.2) is 33.0 Å². The molecule has 0 aliphatic carbocycles. The number of ether oxygens (including phenoxy) is 1. The molecule has 7 nitrogen and oxygen atoms in total. The van der Waals surface area contributed by atoms with Gasteiger partial charge >= 0.3 is 0 Å². The number of benzene rings is 2. The van der Waals surface area contributed by atoms with Gasteiger partial charge in [-0.25, -0.2) is 4.68 Å². The fourth-order valence-electron chi connectivity index (χ4n) is 3.28. The van der Waals surface area contributed by atoms with E-state index in [1.54, 1.807) is 24.2 Å². The van der Waals surface area contributed by atoms with E-state index < -0.39 is 0 Å². The minimum absolute atomic E-state index is 0.249. The van der Waals surface area contributed by atoms with E-state index in [4.69, 9.17) is 4.74 Å². The second kappa shape index (κ2) is 8.57. The lowest BCUT2D eigenvalue weighted by Gasteiger charge is -2.11. The number of nitrogens with one attached hydrogen (secondary N) is 1. The number of hydrogen-bond acceptors (Lipinski definition) is 5. The molecular formula is C23H21N5O2. The summed E-state index contributed by atoms with van der Waals surface area (Å²) < 4.78 is 7.06. The molecule has 0 aliphatic rings. The first kappa shape index (κ1) is 19.3. The molecule has 2 heterocycles. The van der Waals surface area contributed by atoms with Gasteiger partial charge < -0.3 is 10.1 Å². The molecule has 2 aromatic heterocycles. The molecule has 7 heteroatoms. The van der Waals surface area contributed by atoms with Crippen molar-refractivity contribution in [1.82, 2.24) is 25.3 Å². The van der Waals surface area contributed by atoms with Crippen LogP contribution in [0.15, 0.2) is 73.1 Å². The Morgan fingerprint density at radius 2 is 1.77 bits per heavy atom. The van der Waals surface area contributed by atoms with Crippen LogP contribution >= 0.6 is 0 Å². The van der Waals surface area contributed by atoms with Crippen molar-refractivity contribution in [1.29, 1.82) is 0 Å². The van der Waals surface area contributed by atoms with E-state index in [2.05, 4.69) is 20.6 Å². The van der Waals surface area contributed by atoms with Crippen molar-refractivity contribution in [3.63, 3.8) is 0 Å².